The Labute approximate surface area is 85.7 Å². The zero-order valence-corrected chi connectivity index (χ0v) is 9.22. The van der Waals surface area contributed by atoms with Crippen LogP contribution in [0.15, 0.2) is 11.1 Å². The highest BCUT2D eigenvalue weighted by molar-refractivity contribution is 6.25. The van der Waals surface area contributed by atoms with Gasteiger partial charge in [-0.25, -0.2) is 0 Å². The summed E-state index contributed by atoms with van der Waals surface area (Å²) in [6, 6.07) is 0.324. The zero-order chi connectivity index (χ0) is 9.84. The molecule has 2 unspecified atom stereocenters. The largest absolute Gasteiger partial charge is 0.328 e. The Morgan fingerprint density at radius 1 is 1.77 bits per heavy atom. The van der Waals surface area contributed by atoms with Gasteiger partial charge in [-0.3, -0.25) is 4.90 Å². The van der Waals surface area contributed by atoms with E-state index in [9.17, 15) is 0 Å². The first-order chi connectivity index (χ1) is 6.13. The van der Waals surface area contributed by atoms with E-state index in [1.165, 1.54) is 12.0 Å². The number of halogens is 1. The van der Waals surface area contributed by atoms with Crippen molar-refractivity contribution in [3.63, 3.8) is 0 Å². The maximum Gasteiger partial charge on any atom is 0.0201 e. The fourth-order valence-corrected chi connectivity index (χ4v) is 1.89. The Kier molecular flexibility index (Phi) is 4.23. The molecule has 0 amide bonds. The molecule has 0 aromatic heterocycles. The van der Waals surface area contributed by atoms with Gasteiger partial charge >= 0.3 is 0 Å². The minimum absolute atomic E-state index is 0.324. The van der Waals surface area contributed by atoms with E-state index in [1.54, 1.807) is 5.54 Å². The molecular weight excluding hydrogens is 184 g/mol. The SMILES string of the molecule is C/C(=C\Cl)CN1CCC(C(C)N)C1. The average molecular weight is 203 g/mol. The van der Waals surface area contributed by atoms with E-state index in [2.05, 4.69) is 18.7 Å². The van der Waals surface area contributed by atoms with E-state index in [0.29, 0.717) is 12.0 Å². The highest BCUT2D eigenvalue weighted by atomic mass is 35.5. The Morgan fingerprint density at radius 2 is 2.46 bits per heavy atom. The van der Waals surface area contributed by atoms with Crippen LogP contribution in [0, 0.1) is 5.92 Å². The van der Waals surface area contributed by atoms with Gasteiger partial charge in [-0.15, -0.1) is 0 Å². The normalized spacial score (nSPS) is 28.0. The van der Waals surface area contributed by atoms with Crippen molar-refractivity contribution in [1.82, 2.24) is 4.90 Å². The second kappa shape index (κ2) is 4.99. The summed E-state index contributed by atoms with van der Waals surface area (Å²) in [7, 11) is 0. The summed E-state index contributed by atoms with van der Waals surface area (Å²) in [6.07, 6.45) is 1.23. The van der Waals surface area contributed by atoms with Crippen LogP contribution >= 0.6 is 11.6 Å². The molecule has 1 aliphatic rings. The van der Waals surface area contributed by atoms with Gasteiger partial charge in [-0.2, -0.15) is 0 Å². The predicted molar refractivity (Wildman–Crippen MR) is 57.8 cm³/mol. The van der Waals surface area contributed by atoms with Gasteiger partial charge in [-0.05, 0) is 38.3 Å². The maximum atomic E-state index is 5.86. The molecule has 2 N–H and O–H groups in total. The molecule has 0 bridgehead atoms. The second-order valence-corrected chi connectivity index (χ2v) is 4.32. The maximum absolute atomic E-state index is 5.86. The first-order valence-electron chi connectivity index (χ1n) is 4.87. The number of nitrogens with two attached hydrogens (primary N) is 1. The van der Waals surface area contributed by atoms with E-state index in [0.717, 1.165) is 19.6 Å². The monoisotopic (exact) mass is 202 g/mol. The lowest BCUT2D eigenvalue weighted by atomic mass is 10.0. The molecule has 1 aliphatic heterocycles. The van der Waals surface area contributed by atoms with Crippen LogP contribution in [0.3, 0.4) is 0 Å². The Bertz CT molecular complexity index is 189. The van der Waals surface area contributed by atoms with Gasteiger partial charge in [0.05, 0.1) is 0 Å². The molecule has 0 radical (unpaired) electrons. The fourth-order valence-electron chi connectivity index (χ4n) is 1.82. The molecule has 2 nitrogen and oxygen atoms in total. The number of nitrogens with zero attached hydrogens (tertiary/aromatic N) is 1. The molecule has 2 atom stereocenters. The average Bonchev–Trinajstić information content (AvgIpc) is 2.52. The lowest BCUT2D eigenvalue weighted by Crippen LogP contribution is -2.30. The standard InChI is InChI=1S/C10H19ClN2/c1-8(5-11)6-13-4-3-10(7-13)9(2)12/h5,9-10H,3-4,6-7,12H2,1-2H3/b8-5+. The van der Waals surface area contributed by atoms with E-state index in [4.69, 9.17) is 17.3 Å². The Hall–Kier alpha value is -0.0500. The number of likely N-dealkylation sites (tertiary alicyclic amines) is 1. The molecule has 0 aromatic rings. The van der Waals surface area contributed by atoms with Crippen LogP contribution in [-0.2, 0) is 0 Å². The Morgan fingerprint density at radius 3 is 2.92 bits per heavy atom. The van der Waals surface area contributed by atoms with Gasteiger partial charge in [0.25, 0.3) is 0 Å². The summed E-state index contributed by atoms with van der Waals surface area (Å²) in [5.74, 6) is 0.670. The Balaban J connectivity index is 2.33. The summed E-state index contributed by atoms with van der Waals surface area (Å²) in [6.45, 7) is 7.44. The van der Waals surface area contributed by atoms with E-state index < -0.39 is 0 Å². The minimum atomic E-state index is 0.324. The van der Waals surface area contributed by atoms with Crippen molar-refractivity contribution in [2.24, 2.45) is 11.7 Å². The topological polar surface area (TPSA) is 29.3 Å². The van der Waals surface area contributed by atoms with Crippen molar-refractivity contribution in [3.05, 3.63) is 11.1 Å². The van der Waals surface area contributed by atoms with Gasteiger partial charge in [-0.1, -0.05) is 11.6 Å². The third kappa shape index (κ3) is 3.29. The van der Waals surface area contributed by atoms with Gasteiger partial charge in [0.15, 0.2) is 0 Å². The van der Waals surface area contributed by atoms with Crippen LogP contribution in [-0.4, -0.2) is 30.6 Å². The number of hydrogen-bond donors (Lipinski definition) is 1. The molecule has 1 heterocycles. The van der Waals surface area contributed by atoms with E-state index >= 15 is 0 Å². The molecular formula is C10H19ClN2. The molecule has 0 aliphatic carbocycles. The lowest BCUT2D eigenvalue weighted by molar-refractivity contribution is 0.340. The summed E-state index contributed by atoms with van der Waals surface area (Å²) in [5, 5.41) is 0. The van der Waals surface area contributed by atoms with Gasteiger partial charge in [0.2, 0.25) is 0 Å². The van der Waals surface area contributed by atoms with Crippen molar-refractivity contribution < 1.29 is 0 Å². The third-order valence-corrected chi connectivity index (χ3v) is 3.08. The first-order valence-corrected chi connectivity index (χ1v) is 5.31. The third-order valence-electron chi connectivity index (χ3n) is 2.71. The van der Waals surface area contributed by atoms with E-state index in [1.807, 2.05) is 0 Å². The first kappa shape index (κ1) is 11.0. The van der Waals surface area contributed by atoms with Crippen molar-refractivity contribution in [2.45, 2.75) is 26.3 Å². The van der Waals surface area contributed by atoms with E-state index in [-0.39, 0.29) is 0 Å². The summed E-state index contributed by atoms with van der Waals surface area (Å²) in [4.78, 5) is 2.42. The van der Waals surface area contributed by atoms with Crippen LogP contribution in [0.2, 0.25) is 0 Å². The predicted octanol–water partition coefficient (Wildman–Crippen LogP) is 1.80. The van der Waals surface area contributed by atoms with Crippen LogP contribution < -0.4 is 5.73 Å². The van der Waals surface area contributed by atoms with Crippen molar-refractivity contribution >= 4 is 11.6 Å². The highest BCUT2D eigenvalue weighted by Crippen LogP contribution is 2.19. The number of hydrogen-bond acceptors (Lipinski definition) is 2. The molecule has 1 fully saturated rings. The molecule has 1 rings (SSSR count). The van der Waals surface area contributed by atoms with Crippen LogP contribution in [0.4, 0.5) is 0 Å². The van der Waals surface area contributed by atoms with Crippen molar-refractivity contribution in [1.29, 1.82) is 0 Å². The fraction of sp³-hybridized carbons (Fsp3) is 0.800. The lowest BCUT2D eigenvalue weighted by Gasteiger charge is -2.17. The minimum Gasteiger partial charge on any atom is -0.328 e. The van der Waals surface area contributed by atoms with Crippen LogP contribution in [0.5, 0.6) is 0 Å². The van der Waals surface area contributed by atoms with Crippen molar-refractivity contribution in [2.75, 3.05) is 19.6 Å². The molecule has 0 spiro atoms. The van der Waals surface area contributed by atoms with Crippen molar-refractivity contribution in [3.8, 4) is 0 Å². The van der Waals surface area contributed by atoms with Gasteiger partial charge in [0, 0.05) is 24.7 Å². The smallest absolute Gasteiger partial charge is 0.0201 e. The zero-order valence-electron chi connectivity index (χ0n) is 8.46. The van der Waals surface area contributed by atoms with Gasteiger partial charge in [0.1, 0.15) is 0 Å². The molecule has 13 heavy (non-hydrogen) atoms. The molecule has 0 saturated carbocycles. The molecule has 76 valence electrons. The summed E-state index contributed by atoms with van der Waals surface area (Å²) >= 11 is 5.62. The van der Waals surface area contributed by atoms with Crippen LogP contribution in [0.25, 0.3) is 0 Å². The molecule has 1 saturated heterocycles. The second-order valence-electron chi connectivity index (χ2n) is 4.10. The summed E-state index contributed by atoms with van der Waals surface area (Å²) < 4.78 is 0. The summed E-state index contributed by atoms with van der Waals surface area (Å²) in [5.41, 5.74) is 8.75. The number of rotatable bonds is 3. The quantitative estimate of drug-likeness (QED) is 0.757. The highest BCUT2D eigenvalue weighted by Gasteiger charge is 2.24. The van der Waals surface area contributed by atoms with Crippen LogP contribution in [0.1, 0.15) is 20.3 Å². The molecule has 0 aromatic carbocycles. The molecule has 3 heteroatoms. The van der Waals surface area contributed by atoms with Gasteiger partial charge < -0.3 is 5.73 Å².